The maximum absolute atomic E-state index is 12.8. The number of carbonyl (C=O) groups is 1. The minimum Gasteiger partial charge on any atom is -0.339 e. The first-order valence-corrected chi connectivity index (χ1v) is 8.34. The Morgan fingerprint density at radius 3 is 2.52 bits per heavy atom. The predicted molar refractivity (Wildman–Crippen MR) is 88.6 cm³/mol. The lowest BCUT2D eigenvalue weighted by Gasteiger charge is -2.35. The molecule has 1 amide bonds. The maximum Gasteiger partial charge on any atom is 0.253 e. The molecule has 2 aliphatic rings. The van der Waals surface area contributed by atoms with Gasteiger partial charge in [-0.15, -0.1) is 0 Å². The highest BCUT2D eigenvalue weighted by atomic mass is 16.2. The molecule has 23 heavy (non-hydrogen) atoms. The van der Waals surface area contributed by atoms with Crippen LogP contribution in [0.2, 0.25) is 0 Å². The Morgan fingerprint density at radius 2 is 1.91 bits per heavy atom. The van der Waals surface area contributed by atoms with Crippen molar-refractivity contribution in [2.45, 2.75) is 43.8 Å². The normalized spacial score (nSPS) is 26.2. The fourth-order valence-electron chi connectivity index (χ4n) is 3.89. The average molecular weight is 310 g/mol. The fraction of sp³-hybridized carbons (Fsp3) is 0.444. The van der Waals surface area contributed by atoms with Gasteiger partial charge in [-0.1, -0.05) is 0 Å². The van der Waals surface area contributed by atoms with E-state index in [1.54, 1.807) is 10.9 Å². The lowest BCUT2D eigenvalue weighted by molar-refractivity contribution is 0.0681. The summed E-state index contributed by atoms with van der Waals surface area (Å²) in [5.74, 6) is 0.114. The zero-order chi connectivity index (χ0) is 15.8. The molecule has 120 valence electrons. The van der Waals surface area contributed by atoms with Crippen molar-refractivity contribution in [1.82, 2.24) is 20.0 Å². The molecule has 2 bridgehead atoms. The highest BCUT2D eigenvalue weighted by molar-refractivity contribution is 5.94. The summed E-state index contributed by atoms with van der Waals surface area (Å²) in [4.78, 5) is 14.7. The van der Waals surface area contributed by atoms with Crippen molar-refractivity contribution in [1.29, 1.82) is 0 Å². The van der Waals surface area contributed by atoms with E-state index in [0.717, 1.165) is 24.1 Å². The maximum atomic E-state index is 12.8. The van der Waals surface area contributed by atoms with Gasteiger partial charge in [0.15, 0.2) is 0 Å². The highest BCUT2D eigenvalue weighted by Gasteiger charge is 2.36. The van der Waals surface area contributed by atoms with Crippen molar-refractivity contribution in [2.24, 2.45) is 0 Å². The highest BCUT2D eigenvalue weighted by Crippen LogP contribution is 2.29. The molecule has 2 aromatic rings. The number of fused-ring (bicyclic) bond motifs is 2. The molecule has 2 saturated heterocycles. The molecular formula is C18H22N4O. The van der Waals surface area contributed by atoms with E-state index in [-0.39, 0.29) is 5.91 Å². The first kappa shape index (κ1) is 14.5. The molecule has 5 nitrogen and oxygen atoms in total. The molecule has 3 heterocycles. The number of aromatic nitrogens is 2. The summed E-state index contributed by atoms with van der Waals surface area (Å²) in [6.07, 6.45) is 8.30. The van der Waals surface area contributed by atoms with Crippen LogP contribution in [0.25, 0.3) is 5.69 Å². The van der Waals surface area contributed by atoms with Gasteiger partial charge < -0.3 is 10.2 Å². The number of hydrogen-bond acceptors (Lipinski definition) is 3. The lowest BCUT2D eigenvalue weighted by Crippen LogP contribution is -2.48. The molecule has 5 heteroatoms. The van der Waals surface area contributed by atoms with Crippen LogP contribution in [0.5, 0.6) is 0 Å². The number of amides is 1. The standard InChI is InChI=1S/C18H22N4O/c1-21(17-11-14-5-6-15(12-17)20-14)18(23)13-3-7-16(8-4-13)22-10-2-9-19-22/h2-4,7-10,14-15,17,20H,5-6,11-12H2,1H3. The third-order valence-corrected chi connectivity index (χ3v) is 5.20. The van der Waals surface area contributed by atoms with Crippen molar-refractivity contribution >= 4 is 5.91 Å². The summed E-state index contributed by atoms with van der Waals surface area (Å²) >= 11 is 0. The summed E-state index contributed by atoms with van der Waals surface area (Å²) in [5.41, 5.74) is 1.71. The van der Waals surface area contributed by atoms with Crippen molar-refractivity contribution in [3.8, 4) is 5.69 Å². The van der Waals surface area contributed by atoms with Crippen molar-refractivity contribution in [3.05, 3.63) is 48.3 Å². The van der Waals surface area contributed by atoms with Crippen molar-refractivity contribution in [3.63, 3.8) is 0 Å². The van der Waals surface area contributed by atoms with Crippen LogP contribution in [-0.2, 0) is 0 Å². The Balaban J connectivity index is 1.48. The van der Waals surface area contributed by atoms with Gasteiger partial charge in [0.1, 0.15) is 0 Å². The van der Waals surface area contributed by atoms with Crippen LogP contribution >= 0.6 is 0 Å². The van der Waals surface area contributed by atoms with Crippen LogP contribution in [0.15, 0.2) is 42.7 Å². The Labute approximate surface area is 136 Å². The second-order valence-corrected chi connectivity index (χ2v) is 6.68. The van der Waals surface area contributed by atoms with E-state index in [1.807, 2.05) is 48.5 Å². The van der Waals surface area contributed by atoms with Gasteiger partial charge in [0.2, 0.25) is 0 Å². The van der Waals surface area contributed by atoms with E-state index in [9.17, 15) is 4.79 Å². The molecule has 0 saturated carbocycles. The Kier molecular flexibility index (Phi) is 3.65. The third-order valence-electron chi connectivity index (χ3n) is 5.20. The summed E-state index contributed by atoms with van der Waals surface area (Å²) in [5, 5.41) is 7.84. The second-order valence-electron chi connectivity index (χ2n) is 6.68. The number of hydrogen-bond donors (Lipinski definition) is 1. The van der Waals surface area contributed by atoms with Gasteiger partial charge in [-0.05, 0) is 56.0 Å². The Hall–Kier alpha value is -2.14. The van der Waals surface area contributed by atoms with Gasteiger partial charge in [-0.2, -0.15) is 5.10 Å². The Bertz CT molecular complexity index is 668. The van der Waals surface area contributed by atoms with Gasteiger partial charge in [0.05, 0.1) is 5.69 Å². The molecular weight excluding hydrogens is 288 g/mol. The van der Waals surface area contributed by atoms with E-state index < -0.39 is 0 Å². The average Bonchev–Trinajstić information content (AvgIpc) is 3.23. The molecule has 1 aromatic carbocycles. The van der Waals surface area contributed by atoms with Gasteiger partial charge in [0.25, 0.3) is 5.91 Å². The number of carbonyl (C=O) groups excluding carboxylic acids is 1. The minimum atomic E-state index is 0.114. The van der Waals surface area contributed by atoms with Gasteiger partial charge in [0, 0.05) is 43.1 Å². The molecule has 0 radical (unpaired) electrons. The minimum absolute atomic E-state index is 0.114. The summed E-state index contributed by atoms with van der Waals surface area (Å²) in [6.45, 7) is 0. The van der Waals surface area contributed by atoms with Crippen molar-refractivity contribution in [2.75, 3.05) is 7.05 Å². The topological polar surface area (TPSA) is 50.2 Å². The van der Waals surface area contributed by atoms with E-state index >= 15 is 0 Å². The molecule has 2 atom stereocenters. The lowest BCUT2D eigenvalue weighted by atomic mass is 9.98. The molecule has 1 N–H and O–H groups in total. The van der Waals surface area contributed by atoms with E-state index in [0.29, 0.717) is 18.1 Å². The van der Waals surface area contributed by atoms with Gasteiger partial charge in [-0.3, -0.25) is 4.79 Å². The van der Waals surface area contributed by atoms with E-state index in [4.69, 9.17) is 0 Å². The number of nitrogens with one attached hydrogen (secondary N) is 1. The smallest absolute Gasteiger partial charge is 0.253 e. The molecule has 2 aliphatic heterocycles. The third kappa shape index (κ3) is 2.77. The summed E-state index contributed by atoms with van der Waals surface area (Å²) < 4.78 is 1.79. The summed E-state index contributed by atoms with van der Waals surface area (Å²) in [6, 6.07) is 11.1. The number of rotatable bonds is 3. The number of nitrogens with zero attached hydrogens (tertiary/aromatic N) is 3. The molecule has 0 spiro atoms. The first-order valence-electron chi connectivity index (χ1n) is 8.34. The largest absolute Gasteiger partial charge is 0.339 e. The van der Waals surface area contributed by atoms with Crippen LogP contribution in [0.3, 0.4) is 0 Å². The first-order chi connectivity index (χ1) is 11.2. The van der Waals surface area contributed by atoms with E-state index in [1.165, 1.54) is 12.8 Å². The van der Waals surface area contributed by atoms with Crippen molar-refractivity contribution < 1.29 is 4.79 Å². The van der Waals surface area contributed by atoms with Gasteiger partial charge >= 0.3 is 0 Å². The monoisotopic (exact) mass is 310 g/mol. The summed E-state index contributed by atoms with van der Waals surface area (Å²) in [7, 11) is 1.94. The Morgan fingerprint density at radius 1 is 1.22 bits per heavy atom. The molecule has 1 aromatic heterocycles. The second kappa shape index (κ2) is 5.81. The molecule has 2 fully saturated rings. The molecule has 0 aliphatic carbocycles. The molecule has 2 unspecified atom stereocenters. The van der Waals surface area contributed by atoms with Crippen LogP contribution < -0.4 is 5.32 Å². The number of benzene rings is 1. The fourth-order valence-corrected chi connectivity index (χ4v) is 3.89. The van der Waals surface area contributed by atoms with E-state index in [2.05, 4.69) is 10.4 Å². The quantitative estimate of drug-likeness (QED) is 0.946. The van der Waals surface area contributed by atoms with Crippen LogP contribution in [0, 0.1) is 0 Å². The zero-order valence-corrected chi connectivity index (χ0v) is 13.4. The van der Waals surface area contributed by atoms with Crippen LogP contribution in [0.4, 0.5) is 0 Å². The van der Waals surface area contributed by atoms with Crippen LogP contribution in [-0.4, -0.2) is 45.8 Å². The zero-order valence-electron chi connectivity index (χ0n) is 13.4. The van der Waals surface area contributed by atoms with Gasteiger partial charge in [-0.25, -0.2) is 4.68 Å². The predicted octanol–water partition coefficient (Wildman–Crippen LogP) is 2.23. The number of piperidine rings is 1. The van der Waals surface area contributed by atoms with Crippen LogP contribution in [0.1, 0.15) is 36.0 Å². The SMILES string of the molecule is CN(C(=O)c1ccc(-n2cccn2)cc1)C1CC2CCC(C1)N2. The molecule has 4 rings (SSSR count).